The van der Waals surface area contributed by atoms with Gasteiger partial charge in [0.25, 0.3) is 5.91 Å². The van der Waals surface area contributed by atoms with Gasteiger partial charge in [0.1, 0.15) is 5.70 Å². The highest BCUT2D eigenvalue weighted by Crippen LogP contribution is 2.07. The molecule has 1 atom stereocenters. The van der Waals surface area contributed by atoms with Crippen LogP contribution >= 0.6 is 0 Å². The van der Waals surface area contributed by atoms with E-state index in [1.165, 1.54) is 18.5 Å². The molecule has 7 heteroatoms. The van der Waals surface area contributed by atoms with E-state index < -0.39 is 12.1 Å². The topological polar surface area (TPSA) is 77.5 Å². The summed E-state index contributed by atoms with van der Waals surface area (Å²) in [6.07, 6.45) is 3.12. The highest BCUT2D eigenvalue weighted by atomic mass is 19.1. The molecule has 0 fully saturated rings. The van der Waals surface area contributed by atoms with Crippen molar-refractivity contribution >= 4 is 12.1 Å². The second-order valence-corrected chi connectivity index (χ2v) is 3.28. The summed E-state index contributed by atoms with van der Waals surface area (Å²) in [4.78, 5) is 15.5. The van der Waals surface area contributed by atoms with E-state index in [9.17, 15) is 9.18 Å². The molecule has 1 amide bonds. The van der Waals surface area contributed by atoms with Crippen LogP contribution in [0.3, 0.4) is 0 Å². The fraction of sp³-hybridized carbons (Fsp3) is 0.400. The SMILES string of the molecule is CN/C=C(\NNC)C(=O)NC1=CC=NCC1F. The van der Waals surface area contributed by atoms with Gasteiger partial charge in [0.05, 0.1) is 12.2 Å². The Hall–Kier alpha value is -1.89. The number of carbonyl (C=O) groups is 1. The predicted molar refractivity (Wildman–Crippen MR) is 63.8 cm³/mol. The van der Waals surface area contributed by atoms with Crippen molar-refractivity contribution in [1.82, 2.24) is 21.5 Å². The third-order valence-corrected chi connectivity index (χ3v) is 2.01. The summed E-state index contributed by atoms with van der Waals surface area (Å²) in [5, 5.41) is 5.20. The first-order chi connectivity index (χ1) is 8.19. The van der Waals surface area contributed by atoms with Gasteiger partial charge in [-0.1, -0.05) is 0 Å². The Morgan fingerprint density at radius 1 is 1.59 bits per heavy atom. The monoisotopic (exact) mass is 241 g/mol. The highest BCUT2D eigenvalue weighted by molar-refractivity contribution is 5.94. The average molecular weight is 241 g/mol. The van der Waals surface area contributed by atoms with Crippen molar-refractivity contribution in [2.75, 3.05) is 20.6 Å². The summed E-state index contributed by atoms with van der Waals surface area (Å²) in [5.74, 6) is -0.432. The number of hydrogen-bond donors (Lipinski definition) is 4. The molecule has 4 N–H and O–H groups in total. The molecule has 6 nitrogen and oxygen atoms in total. The van der Waals surface area contributed by atoms with Gasteiger partial charge in [-0.25, -0.2) is 9.82 Å². The van der Waals surface area contributed by atoms with Crippen LogP contribution in [0.25, 0.3) is 0 Å². The molecule has 0 aromatic rings. The van der Waals surface area contributed by atoms with Gasteiger partial charge in [-0.15, -0.1) is 0 Å². The fourth-order valence-electron chi connectivity index (χ4n) is 1.24. The smallest absolute Gasteiger partial charge is 0.274 e. The van der Waals surface area contributed by atoms with E-state index in [0.717, 1.165) is 0 Å². The fourth-order valence-corrected chi connectivity index (χ4v) is 1.24. The third kappa shape index (κ3) is 3.87. The lowest BCUT2D eigenvalue weighted by Gasteiger charge is -2.16. The van der Waals surface area contributed by atoms with Crippen LogP contribution in [-0.4, -0.2) is 38.9 Å². The number of allylic oxidation sites excluding steroid dienone is 1. The summed E-state index contributed by atoms with van der Waals surface area (Å²) in [5.41, 5.74) is 5.73. The zero-order valence-corrected chi connectivity index (χ0v) is 9.75. The van der Waals surface area contributed by atoms with Crippen molar-refractivity contribution in [3.05, 3.63) is 23.7 Å². The normalized spacial score (nSPS) is 19.6. The van der Waals surface area contributed by atoms with E-state index in [1.54, 1.807) is 14.1 Å². The average Bonchev–Trinajstić information content (AvgIpc) is 2.32. The molecule has 1 aliphatic rings. The van der Waals surface area contributed by atoms with E-state index in [1.807, 2.05) is 0 Å². The number of alkyl halides is 1. The summed E-state index contributed by atoms with van der Waals surface area (Å²) in [6, 6.07) is 0. The van der Waals surface area contributed by atoms with Crippen LogP contribution in [0.2, 0.25) is 0 Å². The predicted octanol–water partition coefficient (Wildman–Crippen LogP) is -0.806. The Balaban J connectivity index is 2.66. The van der Waals surface area contributed by atoms with Gasteiger partial charge < -0.3 is 16.1 Å². The summed E-state index contributed by atoms with van der Waals surface area (Å²) in [7, 11) is 3.29. The molecule has 1 heterocycles. The van der Waals surface area contributed by atoms with E-state index in [0.29, 0.717) is 0 Å². The van der Waals surface area contributed by atoms with Crippen molar-refractivity contribution in [2.45, 2.75) is 6.17 Å². The molecule has 0 aromatic heterocycles. The van der Waals surface area contributed by atoms with Crippen LogP contribution in [0.5, 0.6) is 0 Å². The lowest BCUT2D eigenvalue weighted by Crippen LogP contribution is -2.39. The minimum Gasteiger partial charge on any atom is -0.392 e. The Bertz CT molecular complexity index is 364. The van der Waals surface area contributed by atoms with Gasteiger partial charge in [-0.05, 0) is 6.08 Å². The maximum Gasteiger partial charge on any atom is 0.274 e. The number of dihydropyridines is 1. The number of nitrogens with one attached hydrogen (secondary N) is 4. The first-order valence-electron chi connectivity index (χ1n) is 5.14. The van der Waals surface area contributed by atoms with Crippen LogP contribution in [0.15, 0.2) is 28.7 Å². The van der Waals surface area contributed by atoms with E-state index in [4.69, 9.17) is 0 Å². The zero-order valence-electron chi connectivity index (χ0n) is 9.75. The van der Waals surface area contributed by atoms with Crippen LogP contribution < -0.4 is 21.5 Å². The van der Waals surface area contributed by atoms with E-state index in [2.05, 4.69) is 26.5 Å². The van der Waals surface area contributed by atoms with Crippen LogP contribution in [-0.2, 0) is 4.79 Å². The molecular formula is C10H16FN5O. The standard InChI is InChI=1S/C10H16FN5O/c1-12-6-9(16-13-2)10(17)15-8-3-4-14-5-7(8)11/h3-4,6-7,12-13,16H,5H2,1-2H3,(H,15,17)/b9-6-. The Morgan fingerprint density at radius 2 is 2.35 bits per heavy atom. The number of hydrazine groups is 1. The molecule has 1 aliphatic heterocycles. The molecule has 0 spiro atoms. The van der Waals surface area contributed by atoms with Gasteiger partial charge in [-0.3, -0.25) is 9.79 Å². The van der Waals surface area contributed by atoms with Gasteiger partial charge in [0.2, 0.25) is 0 Å². The lowest BCUT2D eigenvalue weighted by molar-refractivity contribution is -0.117. The number of carbonyl (C=O) groups excluding carboxylic acids is 1. The number of rotatable bonds is 5. The molecule has 1 unspecified atom stereocenters. The zero-order chi connectivity index (χ0) is 12.7. The molecule has 0 bridgehead atoms. The molecule has 0 aliphatic carbocycles. The highest BCUT2D eigenvalue weighted by Gasteiger charge is 2.18. The summed E-state index contributed by atoms with van der Waals surface area (Å²) in [6.45, 7) is 0.0383. The van der Waals surface area contributed by atoms with E-state index in [-0.39, 0.29) is 17.9 Å². The lowest BCUT2D eigenvalue weighted by atomic mass is 10.2. The first-order valence-corrected chi connectivity index (χ1v) is 5.14. The molecule has 0 aromatic carbocycles. The van der Waals surface area contributed by atoms with Gasteiger partial charge in [0, 0.05) is 26.5 Å². The molecule has 1 rings (SSSR count). The van der Waals surface area contributed by atoms with Gasteiger partial charge >= 0.3 is 0 Å². The Labute approximate surface area is 99.0 Å². The molecule has 17 heavy (non-hydrogen) atoms. The van der Waals surface area contributed by atoms with Gasteiger partial charge in [0.15, 0.2) is 6.17 Å². The van der Waals surface area contributed by atoms with Crippen molar-refractivity contribution < 1.29 is 9.18 Å². The Morgan fingerprint density at radius 3 is 2.94 bits per heavy atom. The molecule has 0 saturated carbocycles. The minimum atomic E-state index is -1.27. The number of nitrogens with zero attached hydrogens (tertiary/aromatic N) is 1. The third-order valence-electron chi connectivity index (χ3n) is 2.01. The number of halogens is 1. The second kappa shape index (κ2) is 6.64. The van der Waals surface area contributed by atoms with Crippen molar-refractivity contribution in [2.24, 2.45) is 4.99 Å². The number of hydrogen-bond acceptors (Lipinski definition) is 5. The van der Waals surface area contributed by atoms with Crippen molar-refractivity contribution in [1.29, 1.82) is 0 Å². The van der Waals surface area contributed by atoms with Crippen LogP contribution in [0, 0.1) is 0 Å². The molecule has 0 radical (unpaired) electrons. The minimum absolute atomic E-state index is 0.0383. The Kier molecular flexibility index (Phi) is 5.15. The quantitative estimate of drug-likeness (QED) is 0.375. The molecular weight excluding hydrogens is 225 g/mol. The second-order valence-electron chi connectivity index (χ2n) is 3.28. The van der Waals surface area contributed by atoms with Crippen LogP contribution in [0.1, 0.15) is 0 Å². The summed E-state index contributed by atoms with van der Waals surface area (Å²) >= 11 is 0. The molecule has 0 saturated heterocycles. The largest absolute Gasteiger partial charge is 0.392 e. The number of amides is 1. The van der Waals surface area contributed by atoms with E-state index >= 15 is 0 Å². The van der Waals surface area contributed by atoms with Gasteiger partial charge in [-0.2, -0.15) is 0 Å². The number of aliphatic imine (C=N–C) groups is 1. The van der Waals surface area contributed by atoms with Crippen LogP contribution in [0.4, 0.5) is 4.39 Å². The first kappa shape index (κ1) is 13.2. The van der Waals surface area contributed by atoms with Crippen molar-refractivity contribution in [3.8, 4) is 0 Å². The maximum absolute atomic E-state index is 13.4. The molecule has 94 valence electrons. The maximum atomic E-state index is 13.4. The van der Waals surface area contributed by atoms with Crippen molar-refractivity contribution in [3.63, 3.8) is 0 Å². The summed E-state index contributed by atoms with van der Waals surface area (Å²) < 4.78 is 13.4.